The summed E-state index contributed by atoms with van der Waals surface area (Å²) in [4.78, 5) is 0. The average Bonchev–Trinajstić information content (AvgIpc) is 3.05. The Kier molecular flexibility index (Phi) is 4.29. The van der Waals surface area contributed by atoms with Gasteiger partial charge in [0.1, 0.15) is 0 Å². The second-order valence-electron chi connectivity index (χ2n) is 5.82. The standard InChI is InChI=1S/C16H23N5/c1-2-13-17-16(11-7-4-8-12-16)15-18-19-20-21(15)14-9-5-3-6-10-14/h3,5-6,9-10,17H,2,4,7-8,11-13H2,1H3. The summed E-state index contributed by atoms with van der Waals surface area (Å²) in [5.74, 6) is 0.960. The summed E-state index contributed by atoms with van der Waals surface area (Å²) < 4.78 is 1.90. The molecule has 5 heteroatoms. The lowest BCUT2D eigenvalue weighted by Gasteiger charge is -2.37. The molecule has 1 saturated carbocycles. The van der Waals surface area contributed by atoms with Crippen LogP contribution in [0.4, 0.5) is 0 Å². The van der Waals surface area contributed by atoms with Gasteiger partial charge in [-0.15, -0.1) is 5.10 Å². The van der Waals surface area contributed by atoms with Gasteiger partial charge in [-0.2, -0.15) is 4.68 Å². The number of hydrogen-bond acceptors (Lipinski definition) is 4. The Morgan fingerprint density at radius 3 is 2.62 bits per heavy atom. The molecule has 0 atom stereocenters. The van der Waals surface area contributed by atoms with E-state index < -0.39 is 0 Å². The van der Waals surface area contributed by atoms with Crippen LogP contribution >= 0.6 is 0 Å². The van der Waals surface area contributed by atoms with Crippen LogP contribution in [0.25, 0.3) is 5.69 Å². The van der Waals surface area contributed by atoms with Crippen molar-refractivity contribution < 1.29 is 0 Å². The third-order valence-corrected chi connectivity index (χ3v) is 4.32. The number of tetrazole rings is 1. The summed E-state index contributed by atoms with van der Waals surface area (Å²) in [7, 11) is 0. The first-order valence-corrected chi connectivity index (χ1v) is 7.95. The van der Waals surface area contributed by atoms with E-state index in [1.165, 1.54) is 19.3 Å². The van der Waals surface area contributed by atoms with E-state index in [1.807, 2.05) is 22.9 Å². The van der Waals surface area contributed by atoms with E-state index in [-0.39, 0.29) is 5.54 Å². The van der Waals surface area contributed by atoms with Crippen molar-refractivity contribution in [3.05, 3.63) is 36.2 Å². The highest BCUT2D eigenvalue weighted by Crippen LogP contribution is 2.36. The topological polar surface area (TPSA) is 55.6 Å². The predicted octanol–water partition coefficient (Wildman–Crippen LogP) is 2.82. The number of nitrogens with zero attached hydrogens (tertiary/aromatic N) is 4. The monoisotopic (exact) mass is 285 g/mol. The highest BCUT2D eigenvalue weighted by molar-refractivity contribution is 5.32. The van der Waals surface area contributed by atoms with E-state index in [0.717, 1.165) is 37.3 Å². The van der Waals surface area contributed by atoms with Crippen LogP contribution in [-0.2, 0) is 5.54 Å². The molecule has 1 aromatic heterocycles. The third-order valence-electron chi connectivity index (χ3n) is 4.32. The lowest BCUT2D eigenvalue weighted by Crippen LogP contribution is -2.46. The van der Waals surface area contributed by atoms with Crippen LogP contribution < -0.4 is 5.32 Å². The maximum atomic E-state index is 4.38. The highest BCUT2D eigenvalue weighted by atomic mass is 15.6. The van der Waals surface area contributed by atoms with Crippen molar-refractivity contribution in [3.63, 3.8) is 0 Å². The molecule has 3 rings (SSSR count). The Hall–Kier alpha value is -1.75. The van der Waals surface area contributed by atoms with E-state index in [9.17, 15) is 0 Å². The van der Waals surface area contributed by atoms with E-state index in [2.05, 4.69) is 39.9 Å². The fourth-order valence-corrected chi connectivity index (χ4v) is 3.23. The quantitative estimate of drug-likeness (QED) is 0.918. The van der Waals surface area contributed by atoms with Gasteiger partial charge in [0.15, 0.2) is 5.82 Å². The van der Waals surface area contributed by atoms with Crippen LogP contribution in [-0.4, -0.2) is 26.8 Å². The minimum absolute atomic E-state index is 0.0758. The zero-order chi connectivity index (χ0) is 14.5. The molecule has 5 nitrogen and oxygen atoms in total. The number of para-hydroxylation sites is 1. The molecule has 0 bridgehead atoms. The smallest absolute Gasteiger partial charge is 0.176 e. The van der Waals surface area contributed by atoms with Crippen LogP contribution in [0.2, 0.25) is 0 Å². The molecule has 0 saturated heterocycles. The van der Waals surface area contributed by atoms with Gasteiger partial charge in [0, 0.05) is 0 Å². The van der Waals surface area contributed by atoms with Gasteiger partial charge < -0.3 is 5.32 Å². The van der Waals surface area contributed by atoms with Crippen LogP contribution in [0.5, 0.6) is 0 Å². The summed E-state index contributed by atoms with van der Waals surface area (Å²) in [5.41, 5.74) is 0.953. The second-order valence-corrected chi connectivity index (χ2v) is 5.82. The lowest BCUT2D eigenvalue weighted by molar-refractivity contribution is 0.217. The lowest BCUT2D eigenvalue weighted by atomic mass is 9.80. The van der Waals surface area contributed by atoms with Crippen LogP contribution in [0.15, 0.2) is 30.3 Å². The number of benzene rings is 1. The molecule has 1 N–H and O–H groups in total. The van der Waals surface area contributed by atoms with E-state index in [4.69, 9.17) is 0 Å². The summed E-state index contributed by atoms with van der Waals surface area (Å²) in [6.45, 7) is 3.20. The molecule has 0 radical (unpaired) electrons. The third kappa shape index (κ3) is 2.83. The minimum atomic E-state index is -0.0758. The molecule has 0 amide bonds. The van der Waals surface area contributed by atoms with Crippen molar-refractivity contribution in [1.82, 2.24) is 25.5 Å². The van der Waals surface area contributed by atoms with Crippen LogP contribution in [0.3, 0.4) is 0 Å². The average molecular weight is 285 g/mol. The van der Waals surface area contributed by atoms with Gasteiger partial charge in [-0.1, -0.05) is 44.4 Å². The summed E-state index contributed by atoms with van der Waals surface area (Å²) in [5, 5.41) is 16.3. The van der Waals surface area contributed by atoms with Crippen molar-refractivity contribution in [2.75, 3.05) is 6.54 Å². The van der Waals surface area contributed by atoms with Crippen molar-refractivity contribution in [2.24, 2.45) is 0 Å². The van der Waals surface area contributed by atoms with Gasteiger partial charge in [0.05, 0.1) is 11.2 Å². The Balaban J connectivity index is 1.98. The van der Waals surface area contributed by atoms with E-state index in [1.54, 1.807) is 0 Å². The van der Waals surface area contributed by atoms with Gasteiger partial charge in [-0.05, 0) is 48.4 Å². The Labute approximate surface area is 125 Å². The molecule has 2 aromatic rings. The molecular formula is C16H23N5. The normalized spacial score (nSPS) is 17.8. The first kappa shape index (κ1) is 14.2. The SMILES string of the molecule is CCCNC1(c2nnnn2-c2ccccc2)CCCCC1. The van der Waals surface area contributed by atoms with Gasteiger partial charge in [-0.3, -0.25) is 0 Å². The zero-order valence-corrected chi connectivity index (χ0v) is 12.6. The van der Waals surface area contributed by atoms with E-state index in [0.29, 0.717) is 0 Å². The molecule has 112 valence electrons. The van der Waals surface area contributed by atoms with Gasteiger partial charge in [0.25, 0.3) is 0 Å². The first-order valence-electron chi connectivity index (χ1n) is 7.95. The van der Waals surface area contributed by atoms with Crippen molar-refractivity contribution in [3.8, 4) is 5.69 Å². The summed E-state index contributed by atoms with van der Waals surface area (Å²) in [6, 6.07) is 10.2. The Morgan fingerprint density at radius 1 is 1.14 bits per heavy atom. The number of rotatable bonds is 5. The van der Waals surface area contributed by atoms with Crippen molar-refractivity contribution in [2.45, 2.75) is 51.0 Å². The highest BCUT2D eigenvalue weighted by Gasteiger charge is 2.38. The van der Waals surface area contributed by atoms with Crippen LogP contribution in [0, 0.1) is 0 Å². The van der Waals surface area contributed by atoms with Crippen LogP contribution in [0.1, 0.15) is 51.3 Å². The van der Waals surface area contributed by atoms with Gasteiger partial charge in [-0.25, -0.2) is 0 Å². The molecular weight excluding hydrogens is 262 g/mol. The molecule has 1 aliphatic rings. The number of aromatic nitrogens is 4. The first-order chi connectivity index (χ1) is 10.4. The molecule has 1 aromatic carbocycles. The molecule has 1 aliphatic carbocycles. The number of hydrogen-bond donors (Lipinski definition) is 1. The molecule has 0 aliphatic heterocycles. The van der Waals surface area contributed by atoms with Crippen molar-refractivity contribution in [1.29, 1.82) is 0 Å². The molecule has 1 fully saturated rings. The summed E-state index contributed by atoms with van der Waals surface area (Å²) >= 11 is 0. The van der Waals surface area contributed by atoms with Gasteiger partial charge in [0.2, 0.25) is 0 Å². The molecule has 21 heavy (non-hydrogen) atoms. The van der Waals surface area contributed by atoms with Crippen molar-refractivity contribution >= 4 is 0 Å². The number of nitrogens with one attached hydrogen (secondary N) is 1. The molecule has 1 heterocycles. The van der Waals surface area contributed by atoms with Gasteiger partial charge >= 0.3 is 0 Å². The zero-order valence-electron chi connectivity index (χ0n) is 12.6. The predicted molar refractivity (Wildman–Crippen MR) is 82.2 cm³/mol. The minimum Gasteiger partial charge on any atom is -0.305 e. The molecule has 0 unspecified atom stereocenters. The maximum absolute atomic E-state index is 4.38. The second kappa shape index (κ2) is 6.35. The Morgan fingerprint density at radius 2 is 1.90 bits per heavy atom. The maximum Gasteiger partial charge on any atom is 0.176 e. The van der Waals surface area contributed by atoms with E-state index >= 15 is 0 Å². The fourth-order valence-electron chi connectivity index (χ4n) is 3.23. The Bertz CT molecular complexity index is 557. The fraction of sp³-hybridized carbons (Fsp3) is 0.562. The molecule has 0 spiro atoms. The largest absolute Gasteiger partial charge is 0.305 e. The summed E-state index contributed by atoms with van der Waals surface area (Å²) in [6.07, 6.45) is 7.12.